The largest absolute Gasteiger partial charge is 0.467 e. The minimum Gasteiger partial charge on any atom is -0.467 e. The highest BCUT2D eigenvalue weighted by Crippen LogP contribution is 2.41. The van der Waals surface area contributed by atoms with Gasteiger partial charge in [0.2, 0.25) is 11.8 Å². The SMILES string of the molecule is N#Cc1ccc(Oc2c(Cl)cc(C(F)(F)F)cc2Cl)nc1OCC(=O)Cl. The van der Waals surface area contributed by atoms with E-state index in [1.165, 1.54) is 12.1 Å². The minimum absolute atomic E-state index is 0.0140. The number of hydrogen-bond acceptors (Lipinski definition) is 5. The summed E-state index contributed by atoms with van der Waals surface area (Å²) in [7, 11) is 0. The molecule has 0 aliphatic carbocycles. The van der Waals surface area contributed by atoms with Crippen LogP contribution in [0.4, 0.5) is 13.2 Å². The molecule has 2 rings (SSSR count). The monoisotopic (exact) mass is 424 g/mol. The van der Waals surface area contributed by atoms with Gasteiger partial charge >= 0.3 is 6.18 Å². The van der Waals surface area contributed by atoms with Crippen LogP contribution >= 0.6 is 34.8 Å². The summed E-state index contributed by atoms with van der Waals surface area (Å²) in [5.41, 5.74) is -1.06. The van der Waals surface area contributed by atoms with E-state index in [-0.39, 0.29) is 23.1 Å². The number of nitrogens with zero attached hydrogens (tertiary/aromatic N) is 2. The smallest absolute Gasteiger partial charge is 0.416 e. The van der Waals surface area contributed by atoms with Gasteiger partial charge in [-0.15, -0.1) is 0 Å². The van der Waals surface area contributed by atoms with Crippen molar-refractivity contribution in [1.29, 1.82) is 5.26 Å². The molecule has 0 saturated carbocycles. The van der Waals surface area contributed by atoms with E-state index in [1.807, 2.05) is 0 Å². The number of carbonyl (C=O) groups excluding carboxylic acids is 1. The Morgan fingerprint density at radius 3 is 2.35 bits per heavy atom. The molecule has 0 radical (unpaired) electrons. The molecule has 0 saturated heterocycles. The van der Waals surface area contributed by atoms with E-state index in [2.05, 4.69) is 4.98 Å². The maximum atomic E-state index is 12.7. The van der Waals surface area contributed by atoms with Crippen LogP contribution in [0.15, 0.2) is 24.3 Å². The maximum absolute atomic E-state index is 12.7. The average Bonchev–Trinajstić information content (AvgIpc) is 2.55. The van der Waals surface area contributed by atoms with E-state index in [9.17, 15) is 18.0 Å². The summed E-state index contributed by atoms with van der Waals surface area (Å²) in [4.78, 5) is 14.6. The molecule has 0 aliphatic heterocycles. The van der Waals surface area contributed by atoms with E-state index in [4.69, 9.17) is 49.5 Å². The Labute approximate surface area is 159 Å². The lowest BCUT2D eigenvalue weighted by molar-refractivity contribution is -0.137. The van der Waals surface area contributed by atoms with Crippen LogP contribution < -0.4 is 9.47 Å². The van der Waals surface area contributed by atoms with Gasteiger partial charge in [0.1, 0.15) is 11.6 Å². The van der Waals surface area contributed by atoms with Crippen molar-refractivity contribution in [1.82, 2.24) is 4.98 Å². The predicted octanol–water partition coefficient (Wildman–Crippen LogP) is 5.22. The number of halogens is 6. The fraction of sp³-hybridized carbons (Fsp3) is 0.133. The average molecular weight is 426 g/mol. The molecule has 136 valence electrons. The third-order valence-electron chi connectivity index (χ3n) is 2.81. The van der Waals surface area contributed by atoms with E-state index in [1.54, 1.807) is 6.07 Å². The first-order valence-corrected chi connectivity index (χ1v) is 7.71. The number of carbonyl (C=O) groups is 1. The van der Waals surface area contributed by atoms with Crippen molar-refractivity contribution in [2.75, 3.05) is 6.61 Å². The summed E-state index contributed by atoms with van der Waals surface area (Å²) in [5, 5.41) is 7.37. The number of hydrogen-bond donors (Lipinski definition) is 0. The standard InChI is InChI=1S/C15H6Cl3F3N2O3/c16-9-3-8(15(19,20)21)4-10(17)13(9)26-12-2-1-7(5-22)14(23-12)25-6-11(18)24/h1-4H,6H2. The number of aromatic nitrogens is 1. The maximum Gasteiger partial charge on any atom is 0.416 e. The Bertz CT molecular complexity index is 875. The molecular formula is C15H6Cl3F3N2O3. The number of alkyl halides is 3. The number of nitriles is 1. The van der Waals surface area contributed by atoms with Gasteiger partial charge in [0.15, 0.2) is 12.4 Å². The van der Waals surface area contributed by atoms with Crippen molar-refractivity contribution in [3.63, 3.8) is 0 Å². The fourth-order valence-corrected chi connectivity index (χ4v) is 2.34. The Balaban J connectivity index is 2.35. The Morgan fingerprint density at radius 1 is 1.23 bits per heavy atom. The van der Waals surface area contributed by atoms with E-state index < -0.39 is 33.6 Å². The Kier molecular flexibility index (Phi) is 6.18. The third kappa shape index (κ3) is 4.91. The highest BCUT2D eigenvalue weighted by atomic mass is 35.5. The second-order valence-corrected chi connectivity index (χ2v) is 5.86. The van der Waals surface area contributed by atoms with Crippen LogP contribution in [-0.4, -0.2) is 16.8 Å². The van der Waals surface area contributed by atoms with Crippen LogP contribution in [0.3, 0.4) is 0 Å². The van der Waals surface area contributed by atoms with Crippen LogP contribution in [-0.2, 0) is 11.0 Å². The summed E-state index contributed by atoms with van der Waals surface area (Å²) < 4.78 is 48.5. The van der Waals surface area contributed by atoms with Gasteiger partial charge in [-0.05, 0) is 29.8 Å². The number of pyridine rings is 1. The van der Waals surface area contributed by atoms with Gasteiger partial charge < -0.3 is 9.47 Å². The second kappa shape index (κ2) is 7.99. The lowest BCUT2D eigenvalue weighted by Crippen LogP contribution is -2.07. The molecule has 0 atom stereocenters. The zero-order chi connectivity index (χ0) is 19.5. The van der Waals surface area contributed by atoms with Gasteiger partial charge in [-0.2, -0.15) is 23.4 Å². The molecule has 0 fully saturated rings. The predicted molar refractivity (Wildman–Crippen MR) is 86.8 cm³/mol. The Hall–Kier alpha value is -2.21. The van der Waals surface area contributed by atoms with Gasteiger partial charge in [0.25, 0.3) is 5.24 Å². The molecule has 2 aromatic rings. The highest BCUT2D eigenvalue weighted by Gasteiger charge is 2.32. The molecule has 0 unspecified atom stereocenters. The molecule has 5 nitrogen and oxygen atoms in total. The van der Waals surface area contributed by atoms with E-state index in [0.29, 0.717) is 12.1 Å². The molecule has 0 N–H and O–H groups in total. The van der Waals surface area contributed by atoms with Crippen molar-refractivity contribution < 1.29 is 27.4 Å². The molecular weight excluding hydrogens is 420 g/mol. The summed E-state index contributed by atoms with van der Waals surface area (Å²) in [6.45, 7) is -0.547. The first-order chi connectivity index (χ1) is 12.1. The molecule has 0 bridgehead atoms. The van der Waals surface area contributed by atoms with Crippen LogP contribution in [0.2, 0.25) is 10.0 Å². The number of ether oxygens (including phenoxy) is 2. The summed E-state index contributed by atoms with van der Waals surface area (Å²) in [6, 6.07) is 5.59. The molecule has 11 heteroatoms. The topological polar surface area (TPSA) is 72.2 Å². The van der Waals surface area contributed by atoms with Gasteiger partial charge in [-0.1, -0.05) is 23.2 Å². The van der Waals surface area contributed by atoms with Crippen LogP contribution in [0.25, 0.3) is 0 Å². The fourth-order valence-electron chi connectivity index (χ4n) is 1.73. The van der Waals surface area contributed by atoms with Crippen LogP contribution in [0, 0.1) is 11.3 Å². The van der Waals surface area contributed by atoms with Crippen LogP contribution in [0.1, 0.15) is 11.1 Å². The molecule has 0 aliphatic rings. The van der Waals surface area contributed by atoms with E-state index in [0.717, 1.165) is 0 Å². The molecule has 1 heterocycles. The van der Waals surface area contributed by atoms with Crippen molar-refractivity contribution in [2.24, 2.45) is 0 Å². The molecule has 0 amide bonds. The third-order valence-corrected chi connectivity index (χ3v) is 3.48. The molecule has 0 spiro atoms. The second-order valence-electron chi connectivity index (χ2n) is 4.63. The number of benzene rings is 1. The van der Waals surface area contributed by atoms with Crippen molar-refractivity contribution in [2.45, 2.75) is 6.18 Å². The zero-order valence-electron chi connectivity index (χ0n) is 12.4. The highest BCUT2D eigenvalue weighted by molar-refractivity contribution is 6.63. The van der Waals surface area contributed by atoms with E-state index >= 15 is 0 Å². The Morgan fingerprint density at radius 2 is 1.85 bits per heavy atom. The molecule has 1 aromatic heterocycles. The molecule has 1 aromatic carbocycles. The van der Waals surface area contributed by atoms with Gasteiger partial charge in [-0.3, -0.25) is 4.79 Å². The minimum atomic E-state index is -4.63. The summed E-state index contributed by atoms with van der Waals surface area (Å²) in [5.74, 6) is -0.694. The summed E-state index contributed by atoms with van der Waals surface area (Å²) >= 11 is 16.8. The van der Waals surface area contributed by atoms with Gasteiger partial charge in [0, 0.05) is 6.07 Å². The van der Waals surface area contributed by atoms with Crippen molar-refractivity contribution >= 4 is 40.0 Å². The lowest BCUT2D eigenvalue weighted by Gasteiger charge is -2.13. The lowest BCUT2D eigenvalue weighted by atomic mass is 10.2. The normalized spacial score (nSPS) is 11.0. The zero-order valence-corrected chi connectivity index (χ0v) is 14.7. The van der Waals surface area contributed by atoms with Crippen molar-refractivity contribution in [3.8, 4) is 23.6 Å². The van der Waals surface area contributed by atoms with Gasteiger partial charge in [-0.25, -0.2) is 0 Å². The molecule has 26 heavy (non-hydrogen) atoms. The first-order valence-electron chi connectivity index (χ1n) is 6.58. The summed E-state index contributed by atoms with van der Waals surface area (Å²) in [6.07, 6.45) is -4.63. The van der Waals surface area contributed by atoms with Gasteiger partial charge in [0.05, 0.1) is 15.6 Å². The van der Waals surface area contributed by atoms with Crippen LogP contribution in [0.5, 0.6) is 17.5 Å². The first kappa shape index (κ1) is 20.1. The number of rotatable bonds is 5. The quantitative estimate of drug-likeness (QED) is 0.615. The van der Waals surface area contributed by atoms with Crippen molar-refractivity contribution in [3.05, 3.63) is 45.4 Å².